The van der Waals surface area contributed by atoms with Gasteiger partial charge in [0.1, 0.15) is 0 Å². The van der Waals surface area contributed by atoms with Crippen molar-refractivity contribution in [2.45, 2.75) is 45.1 Å². The van der Waals surface area contributed by atoms with E-state index in [1.807, 2.05) is 11.3 Å². The molecule has 0 radical (unpaired) electrons. The van der Waals surface area contributed by atoms with Crippen molar-refractivity contribution in [3.05, 3.63) is 56.8 Å². The Hall–Kier alpha value is -1.12. The number of hydrogen-bond acceptors (Lipinski definition) is 2. The lowest BCUT2D eigenvalue weighted by molar-refractivity contribution is 0.875. The highest BCUT2D eigenvalue weighted by molar-refractivity contribution is 7.12. The van der Waals surface area contributed by atoms with Gasteiger partial charge in [-0.1, -0.05) is 37.6 Å². The summed E-state index contributed by atoms with van der Waals surface area (Å²) in [6, 6.07) is 11.2. The quantitative estimate of drug-likeness (QED) is 0.884. The largest absolute Gasteiger partial charge is 0.320 e. The first-order valence-electron chi connectivity index (χ1n) is 7.24. The second kappa shape index (κ2) is 5.48. The molecule has 1 heterocycles. The number of benzene rings is 1. The van der Waals surface area contributed by atoms with Gasteiger partial charge >= 0.3 is 0 Å². The van der Waals surface area contributed by atoms with Crippen molar-refractivity contribution in [1.29, 1.82) is 0 Å². The Labute approximate surface area is 119 Å². The Balaban J connectivity index is 1.80. The van der Waals surface area contributed by atoms with Crippen molar-refractivity contribution in [2.75, 3.05) is 0 Å². The maximum Gasteiger partial charge on any atom is 0.0646 e. The highest BCUT2D eigenvalue weighted by Gasteiger charge is 2.18. The normalized spacial score (nSPS) is 15.5. The van der Waals surface area contributed by atoms with E-state index in [2.05, 4.69) is 37.3 Å². The van der Waals surface area contributed by atoms with Gasteiger partial charge < -0.3 is 5.73 Å². The summed E-state index contributed by atoms with van der Waals surface area (Å²) >= 11 is 1.91. The SMILES string of the molecule is CCCc1ccc(C(N)c2cc3c(s2)CCC3)cc1. The first-order chi connectivity index (χ1) is 9.28. The van der Waals surface area contributed by atoms with Crippen LogP contribution in [0.15, 0.2) is 30.3 Å². The molecule has 0 saturated carbocycles. The minimum absolute atomic E-state index is 0.0475. The summed E-state index contributed by atoms with van der Waals surface area (Å²) in [6.07, 6.45) is 6.17. The van der Waals surface area contributed by atoms with Gasteiger partial charge in [-0.2, -0.15) is 0 Å². The van der Waals surface area contributed by atoms with E-state index in [1.165, 1.54) is 47.3 Å². The lowest BCUT2D eigenvalue weighted by atomic mass is 10.0. The molecule has 3 rings (SSSR count). The zero-order valence-corrected chi connectivity index (χ0v) is 12.3. The Kier molecular flexibility index (Phi) is 3.72. The number of nitrogens with two attached hydrogens (primary N) is 1. The number of hydrogen-bond donors (Lipinski definition) is 1. The Morgan fingerprint density at radius 3 is 2.68 bits per heavy atom. The van der Waals surface area contributed by atoms with E-state index < -0.39 is 0 Å². The molecular formula is C17H21NS. The maximum absolute atomic E-state index is 6.41. The smallest absolute Gasteiger partial charge is 0.0646 e. The molecule has 2 heteroatoms. The molecule has 0 fully saturated rings. The van der Waals surface area contributed by atoms with Crippen molar-refractivity contribution in [3.8, 4) is 0 Å². The molecule has 1 unspecified atom stereocenters. The average Bonchev–Trinajstić information content (AvgIpc) is 3.00. The van der Waals surface area contributed by atoms with Crippen LogP contribution in [0.5, 0.6) is 0 Å². The van der Waals surface area contributed by atoms with Crippen molar-refractivity contribution in [1.82, 2.24) is 0 Å². The summed E-state index contributed by atoms with van der Waals surface area (Å²) in [6.45, 7) is 2.22. The van der Waals surface area contributed by atoms with E-state index in [9.17, 15) is 0 Å². The molecule has 19 heavy (non-hydrogen) atoms. The fraction of sp³-hybridized carbons (Fsp3) is 0.412. The highest BCUT2D eigenvalue weighted by Crippen LogP contribution is 2.35. The van der Waals surface area contributed by atoms with Crippen molar-refractivity contribution in [3.63, 3.8) is 0 Å². The molecule has 100 valence electrons. The van der Waals surface area contributed by atoms with Crippen molar-refractivity contribution < 1.29 is 0 Å². The maximum atomic E-state index is 6.41. The summed E-state index contributed by atoms with van der Waals surface area (Å²) in [4.78, 5) is 2.89. The van der Waals surface area contributed by atoms with Crippen LogP contribution in [0.3, 0.4) is 0 Å². The number of thiophene rings is 1. The Morgan fingerprint density at radius 2 is 2.00 bits per heavy atom. The molecule has 1 aliphatic carbocycles. The third kappa shape index (κ3) is 2.60. The predicted molar refractivity (Wildman–Crippen MR) is 82.8 cm³/mol. The van der Waals surface area contributed by atoms with E-state index in [1.54, 1.807) is 4.88 Å². The second-order valence-electron chi connectivity index (χ2n) is 5.42. The summed E-state index contributed by atoms with van der Waals surface area (Å²) in [7, 11) is 0. The van der Waals surface area contributed by atoms with Crippen LogP contribution < -0.4 is 5.73 Å². The van der Waals surface area contributed by atoms with Crippen LogP contribution in [-0.2, 0) is 19.3 Å². The minimum Gasteiger partial charge on any atom is -0.320 e. The van der Waals surface area contributed by atoms with Crippen LogP contribution in [0, 0.1) is 0 Å². The lowest BCUT2D eigenvalue weighted by Gasteiger charge is -2.11. The third-order valence-corrected chi connectivity index (χ3v) is 5.27. The van der Waals surface area contributed by atoms with Crippen LogP contribution in [0.2, 0.25) is 0 Å². The fourth-order valence-corrected chi connectivity index (χ4v) is 4.14. The van der Waals surface area contributed by atoms with Crippen LogP contribution >= 0.6 is 11.3 Å². The summed E-state index contributed by atoms with van der Waals surface area (Å²) < 4.78 is 0. The van der Waals surface area contributed by atoms with E-state index in [-0.39, 0.29) is 6.04 Å². The molecular weight excluding hydrogens is 250 g/mol. The van der Waals surface area contributed by atoms with Gasteiger partial charge in [-0.15, -0.1) is 11.3 Å². The number of fused-ring (bicyclic) bond motifs is 1. The summed E-state index contributed by atoms with van der Waals surface area (Å²) in [5.74, 6) is 0. The van der Waals surface area contributed by atoms with Crippen LogP contribution in [0.25, 0.3) is 0 Å². The molecule has 1 aromatic carbocycles. The van der Waals surface area contributed by atoms with Gasteiger partial charge in [0.15, 0.2) is 0 Å². The highest BCUT2D eigenvalue weighted by atomic mass is 32.1. The number of rotatable bonds is 4. The van der Waals surface area contributed by atoms with Crippen LogP contribution in [0.1, 0.15) is 52.3 Å². The monoisotopic (exact) mass is 271 g/mol. The van der Waals surface area contributed by atoms with Crippen molar-refractivity contribution in [2.24, 2.45) is 5.73 Å². The molecule has 0 spiro atoms. The van der Waals surface area contributed by atoms with Gasteiger partial charge in [0.05, 0.1) is 6.04 Å². The molecule has 1 nitrogen and oxygen atoms in total. The number of aryl methyl sites for hydroxylation is 3. The van der Waals surface area contributed by atoms with Gasteiger partial charge in [-0.25, -0.2) is 0 Å². The molecule has 0 saturated heterocycles. The first-order valence-corrected chi connectivity index (χ1v) is 8.05. The predicted octanol–water partition coefficient (Wildman–Crippen LogP) is 4.24. The van der Waals surface area contributed by atoms with E-state index in [0.29, 0.717) is 0 Å². The average molecular weight is 271 g/mol. The molecule has 2 N–H and O–H groups in total. The van der Waals surface area contributed by atoms with E-state index >= 15 is 0 Å². The van der Waals surface area contributed by atoms with Crippen LogP contribution in [-0.4, -0.2) is 0 Å². The molecule has 2 aromatic rings. The Morgan fingerprint density at radius 1 is 1.21 bits per heavy atom. The van der Waals surface area contributed by atoms with E-state index in [0.717, 1.165) is 6.42 Å². The molecule has 1 aliphatic rings. The van der Waals surface area contributed by atoms with Gasteiger partial charge in [0, 0.05) is 9.75 Å². The Bertz CT molecular complexity index is 532. The molecule has 0 aliphatic heterocycles. The topological polar surface area (TPSA) is 26.0 Å². The zero-order valence-electron chi connectivity index (χ0n) is 11.5. The second-order valence-corrected chi connectivity index (χ2v) is 6.59. The lowest BCUT2D eigenvalue weighted by Crippen LogP contribution is -2.10. The first kappa shape index (κ1) is 12.9. The summed E-state index contributed by atoms with van der Waals surface area (Å²) in [5.41, 5.74) is 10.6. The van der Waals surface area contributed by atoms with Gasteiger partial charge in [0.25, 0.3) is 0 Å². The summed E-state index contributed by atoms with van der Waals surface area (Å²) in [5, 5.41) is 0. The fourth-order valence-electron chi connectivity index (χ4n) is 2.85. The van der Waals surface area contributed by atoms with E-state index in [4.69, 9.17) is 5.73 Å². The third-order valence-electron chi connectivity index (χ3n) is 3.95. The minimum atomic E-state index is 0.0475. The van der Waals surface area contributed by atoms with Crippen molar-refractivity contribution >= 4 is 11.3 Å². The zero-order chi connectivity index (χ0) is 13.2. The molecule has 0 bridgehead atoms. The van der Waals surface area contributed by atoms with Crippen LogP contribution in [0.4, 0.5) is 0 Å². The molecule has 1 atom stereocenters. The molecule has 1 aromatic heterocycles. The standard InChI is InChI=1S/C17H21NS/c1-2-4-12-7-9-13(10-8-12)17(18)16-11-14-5-3-6-15(14)19-16/h7-11,17H,2-6,18H2,1H3. The van der Waals surface area contributed by atoms with Gasteiger partial charge in [0.2, 0.25) is 0 Å². The van der Waals surface area contributed by atoms with Gasteiger partial charge in [-0.05, 0) is 48.4 Å². The molecule has 0 amide bonds. The van der Waals surface area contributed by atoms with Gasteiger partial charge in [-0.3, -0.25) is 0 Å².